The third-order valence-electron chi connectivity index (χ3n) is 6.79. The molecule has 8 nitrogen and oxygen atoms in total. The zero-order chi connectivity index (χ0) is 29.6. The zero-order valence-electron chi connectivity index (χ0n) is 24.1. The number of phenols is 1. The molecule has 0 bridgehead atoms. The summed E-state index contributed by atoms with van der Waals surface area (Å²) >= 11 is 0. The van der Waals surface area contributed by atoms with Crippen LogP contribution < -0.4 is 10.6 Å². The van der Waals surface area contributed by atoms with Gasteiger partial charge >= 0.3 is 6.09 Å². The summed E-state index contributed by atoms with van der Waals surface area (Å²) in [5.41, 5.74) is 2.67. The van der Waals surface area contributed by atoms with Gasteiger partial charge in [-0.1, -0.05) is 72.3 Å². The summed E-state index contributed by atoms with van der Waals surface area (Å²) in [6.45, 7) is 7.55. The first kappa shape index (κ1) is 29.6. The summed E-state index contributed by atoms with van der Waals surface area (Å²) < 4.78 is 5.48. The minimum absolute atomic E-state index is 0.103. The number of aryl methyl sites for hydroxylation is 1. The van der Waals surface area contributed by atoms with Crippen molar-refractivity contribution >= 4 is 17.9 Å². The number of benzene rings is 3. The molecule has 2 unspecified atom stereocenters. The molecule has 3 amide bonds. The lowest BCUT2D eigenvalue weighted by Gasteiger charge is -2.35. The molecule has 0 radical (unpaired) electrons. The van der Waals surface area contributed by atoms with Crippen molar-refractivity contribution in [2.24, 2.45) is 0 Å². The molecule has 41 heavy (non-hydrogen) atoms. The van der Waals surface area contributed by atoms with Gasteiger partial charge in [-0.2, -0.15) is 0 Å². The first-order valence-corrected chi connectivity index (χ1v) is 14.0. The van der Waals surface area contributed by atoms with Crippen molar-refractivity contribution in [3.63, 3.8) is 0 Å². The van der Waals surface area contributed by atoms with Gasteiger partial charge in [-0.3, -0.25) is 9.59 Å². The van der Waals surface area contributed by atoms with Crippen molar-refractivity contribution in [3.05, 3.63) is 101 Å². The predicted octanol–water partition coefficient (Wildman–Crippen LogP) is 5.19. The van der Waals surface area contributed by atoms with Crippen molar-refractivity contribution in [2.45, 2.75) is 77.2 Å². The van der Waals surface area contributed by atoms with Gasteiger partial charge in [0.25, 0.3) is 0 Å². The summed E-state index contributed by atoms with van der Waals surface area (Å²) in [7, 11) is 0. The number of nitrogens with one attached hydrogen (secondary N) is 2. The van der Waals surface area contributed by atoms with Crippen LogP contribution in [0.25, 0.3) is 0 Å². The number of nitrogens with zero attached hydrogens (tertiary/aromatic N) is 1. The second-order valence-corrected chi connectivity index (χ2v) is 11.6. The first-order chi connectivity index (χ1) is 19.5. The Labute approximate surface area is 241 Å². The van der Waals surface area contributed by atoms with Gasteiger partial charge in [-0.05, 0) is 69.4 Å². The number of amides is 3. The minimum atomic E-state index is -0.995. The molecule has 216 valence electrons. The third-order valence-corrected chi connectivity index (χ3v) is 6.79. The Hall–Kier alpha value is -4.33. The van der Waals surface area contributed by atoms with Crippen molar-refractivity contribution < 1.29 is 24.2 Å². The molecule has 4 rings (SSSR count). The molecule has 0 heterocycles. The van der Waals surface area contributed by atoms with Gasteiger partial charge in [0.1, 0.15) is 23.4 Å². The molecular weight excluding hydrogens is 518 g/mol. The molecule has 0 aromatic heterocycles. The number of phenolic OH excluding ortho intramolecular Hbond substituents is 1. The molecule has 0 saturated heterocycles. The van der Waals surface area contributed by atoms with Crippen LogP contribution in [0.4, 0.5) is 4.79 Å². The number of hydrogen-bond acceptors (Lipinski definition) is 5. The summed E-state index contributed by atoms with van der Waals surface area (Å²) in [6, 6.07) is 21.7. The Morgan fingerprint density at radius 3 is 2.15 bits per heavy atom. The topological polar surface area (TPSA) is 108 Å². The number of rotatable bonds is 10. The maximum absolute atomic E-state index is 14.4. The zero-order valence-corrected chi connectivity index (χ0v) is 24.1. The van der Waals surface area contributed by atoms with Gasteiger partial charge in [0.05, 0.1) is 0 Å². The third kappa shape index (κ3) is 8.58. The highest BCUT2D eigenvalue weighted by Gasteiger charge is 2.44. The molecule has 1 fully saturated rings. The fourth-order valence-electron chi connectivity index (χ4n) is 4.64. The lowest BCUT2D eigenvalue weighted by molar-refractivity contribution is -0.143. The summed E-state index contributed by atoms with van der Waals surface area (Å²) in [4.78, 5) is 42.8. The monoisotopic (exact) mass is 557 g/mol. The second-order valence-electron chi connectivity index (χ2n) is 11.6. The highest BCUT2D eigenvalue weighted by Crippen LogP contribution is 2.36. The number of alkyl carbamates (subject to hydrolysis) is 1. The first-order valence-electron chi connectivity index (χ1n) is 14.0. The predicted molar refractivity (Wildman–Crippen MR) is 157 cm³/mol. The van der Waals surface area contributed by atoms with E-state index in [0.717, 1.165) is 29.5 Å². The van der Waals surface area contributed by atoms with E-state index in [9.17, 15) is 19.5 Å². The molecule has 0 spiro atoms. The lowest BCUT2D eigenvalue weighted by Crippen LogP contribution is -2.54. The highest BCUT2D eigenvalue weighted by atomic mass is 16.6. The van der Waals surface area contributed by atoms with Gasteiger partial charge in [-0.25, -0.2) is 4.79 Å². The van der Waals surface area contributed by atoms with Crippen LogP contribution in [0, 0.1) is 6.92 Å². The van der Waals surface area contributed by atoms with Crippen LogP contribution in [0.1, 0.15) is 61.9 Å². The van der Waals surface area contributed by atoms with Crippen LogP contribution in [0.3, 0.4) is 0 Å². The maximum Gasteiger partial charge on any atom is 0.408 e. The van der Waals surface area contributed by atoms with Crippen molar-refractivity contribution in [1.82, 2.24) is 15.5 Å². The highest BCUT2D eigenvalue weighted by molar-refractivity contribution is 5.92. The Morgan fingerprint density at radius 2 is 1.56 bits per heavy atom. The summed E-state index contributed by atoms with van der Waals surface area (Å²) in [5.74, 6) is -0.559. The molecule has 0 aliphatic heterocycles. The molecule has 1 aliphatic carbocycles. The van der Waals surface area contributed by atoms with E-state index >= 15 is 0 Å². The van der Waals surface area contributed by atoms with E-state index in [1.807, 2.05) is 61.5 Å². The van der Waals surface area contributed by atoms with Gasteiger partial charge in [0.2, 0.25) is 11.8 Å². The van der Waals surface area contributed by atoms with Gasteiger partial charge in [-0.15, -0.1) is 0 Å². The van der Waals surface area contributed by atoms with E-state index in [0.29, 0.717) is 12.1 Å². The van der Waals surface area contributed by atoms with E-state index < -0.39 is 23.8 Å². The van der Waals surface area contributed by atoms with E-state index in [1.165, 1.54) is 12.1 Å². The van der Waals surface area contributed by atoms with E-state index in [4.69, 9.17) is 4.74 Å². The molecular formula is C33H39N3O5. The van der Waals surface area contributed by atoms with Crippen molar-refractivity contribution in [1.29, 1.82) is 0 Å². The van der Waals surface area contributed by atoms with Crippen LogP contribution in [-0.2, 0) is 27.3 Å². The number of hydrogen-bond donors (Lipinski definition) is 3. The normalized spacial score (nSPS) is 14.4. The van der Waals surface area contributed by atoms with Gasteiger partial charge in [0, 0.05) is 19.0 Å². The van der Waals surface area contributed by atoms with Gasteiger partial charge < -0.3 is 25.4 Å². The number of carbonyl (C=O) groups excluding carboxylic acids is 3. The number of carbonyl (C=O) groups is 3. The van der Waals surface area contributed by atoms with Crippen LogP contribution in [0.15, 0.2) is 78.9 Å². The lowest BCUT2D eigenvalue weighted by atomic mass is 9.99. The molecule has 1 saturated carbocycles. The smallest absolute Gasteiger partial charge is 0.408 e. The van der Waals surface area contributed by atoms with Crippen LogP contribution in [0.5, 0.6) is 5.75 Å². The summed E-state index contributed by atoms with van der Waals surface area (Å²) in [6.07, 6.45) is 0.968. The van der Waals surface area contributed by atoms with Crippen molar-refractivity contribution in [2.75, 3.05) is 0 Å². The SMILES string of the molecule is Cc1ccc(C(C(=O)NCc2ccccc2)N(C(=O)C(Cc2ccc(O)cc2)NC(=O)OC(C)(C)C)C2CC2)cc1. The molecule has 1 aliphatic rings. The van der Waals surface area contributed by atoms with Gasteiger partial charge in [0.15, 0.2) is 0 Å². The Kier molecular flexibility index (Phi) is 9.32. The quantitative estimate of drug-likeness (QED) is 0.318. The van der Waals surface area contributed by atoms with E-state index in [-0.39, 0.29) is 30.0 Å². The largest absolute Gasteiger partial charge is 0.508 e. The Bertz CT molecular complexity index is 1330. The number of aromatic hydroxyl groups is 1. The van der Waals surface area contributed by atoms with Crippen LogP contribution >= 0.6 is 0 Å². The molecule has 2 atom stereocenters. The Balaban J connectivity index is 1.67. The number of ether oxygens (including phenoxy) is 1. The Morgan fingerprint density at radius 1 is 0.927 bits per heavy atom. The average Bonchev–Trinajstić information content (AvgIpc) is 3.76. The molecule has 8 heteroatoms. The average molecular weight is 558 g/mol. The molecule has 3 aromatic rings. The standard InChI is InChI=1S/C33H39N3O5/c1-22-10-14-25(15-11-22)29(30(38)34-21-24-8-6-5-7-9-24)36(26-16-17-26)31(39)28(35-32(40)41-33(2,3)4)20-23-12-18-27(37)19-13-23/h5-15,18-19,26,28-29,37H,16-17,20-21H2,1-4H3,(H,34,38)(H,35,40). The van der Waals surface area contributed by atoms with E-state index in [1.54, 1.807) is 37.8 Å². The molecule has 3 aromatic carbocycles. The van der Waals surface area contributed by atoms with Crippen LogP contribution in [0.2, 0.25) is 0 Å². The fourth-order valence-corrected chi connectivity index (χ4v) is 4.64. The van der Waals surface area contributed by atoms with E-state index in [2.05, 4.69) is 10.6 Å². The molecule has 3 N–H and O–H groups in total. The fraction of sp³-hybridized carbons (Fsp3) is 0.364. The van der Waals surface area contributed by atoms with Crippen molar-refractivity contribution in [3.8, 4) is 5.75 Å². The van der Waals surface area contributed by atoms with Crippen LogP contribution in [-0.4, -0.2) is 45.6 Å². The second kappa shape index (κ2) is 12.9. The minimum Gasteiger partial charge on any atom is -0.508 e. The summed E-state index contributed by atoms with van der Waals surface area (Å²) in [5, 5.41) is 15.5. The maximum atomic E-state index is 14.4.